The minimum absolute atomic E-state index is 0.00394. The Morgan fingerprint density at radius 2 is 1.88 bits per heavy atom. The number of carbonyl (C=O) groups is 2. The number of hydrogen-bond donors (Lipinski definition) is 2. The summed E-state index contributed by atoms with van der Waals surface area (Å²) in [6, 6.07) is 4.13. The molecule has 5 rings (SSSR count). The summed E-state index contributed by atoms with van der Waals surface area (Å²) in [6.45, 7) is 18.6. The van der Waals surface area contributed by atoms with E-state index in [-0.39, 0.29) is 29.8 Å². The Bertz CT molecular complexity index is 1320. The van der Waals surface area contributed by atoms with Crippen LogP contribution in [0.25, 0.3) is 0 Å². The highest BCUT2D eigenvalue weighted by Gasteiger charge is 2.70. The number of rotatable bonds is 6. The third-order valence-electron chi connectivity index (χ3n) is 9.61. The van der Waals surface area contributed by atoms with Crippen molar-refractivity contribution in [2.24, 2.45) is 11.8 Å². The normalized spacial score (nSPS) is 29.6. The molecule has 0 radical (unpaired) electrons. The molecule has 1 aromatic carbocycles. The summed E-state index contributed by atoms with van der Waals surface area (Å²) in [5, 5.41) is 15.1. The van der Waals surface area contributed by atoms with Gasteiger partial charge in [-0.25, -0.2) is 4.79 Å². The maximum absolute atomic E-state index is 13.0. The van der Waals surface area contributed by atoms with Crippen molar-refractivity contribution in [3.63, 3.8) is 0 Å². The molecule has 0 fully saturated rings. The maximum atomic E-state index is 13.0. The van der Waals surface area contributed by atoms with Crippen molar-refractivity contribution in [3.8, 4) is 11.5 Å². The Balaban J connectivity index is 1.45. The van der Waals surface area contributed by atoms with Gasteiger partial charge in [-0.05, 0) is 81.3 Å². The number of ether oxygens (including phenoxy) is 3. The average molecular weight is 584 g/mol. The van der Waals surface area contributed by atoms with Crippen molar-refractivity contribution in [1.29, 1.82) is 0 Å². The Kier molecular flexibility index (Phi) is 6.97. The van der Waals surface area contributed by atoms with Crippen LogP contribution in [-0.2, 0) is 26.1 Å². The molecule has 5 atom stereocenters. The standard InChI is InChI=1S/C32H45NO7Si/c1-19-12-15-31-25-20-10-11-22(40-41(8,9)30(5,6)7)26(25)38-27(31)23(13-16-32(31,36)21(19)18-20)37-24(34)14-17-33-28(35)39-29(2,3)4/h10-13,15,19,21,27,36H,14,16-18H2,1-9H3,(H,33,35)/t19?,21-,27-,31-,32+/m0/s1. The topological polar surface area (TPSA) is 103 Å². The predicted octanol–water partition coefficient (Wildman–Crippen LogP) is 5.92. The van der Waals surface area contributed by atoms with Gasteiger partial charge < -0.3 is 29.1 Å². The van der Waals surface area contributed by atoms with E-state index in [9.17, 15) is 14.7 Å². The van der Waals surface area contributed by atoms with Crippen LogP contribution in [0.15, 0.2) is 36.1 Å². The molecule has 0 aromatic heterocycles. The van der Waals surface area contributed by atoms with Crippen LogP contribution in [0.1, 0.15) is 72.4 Å². The lowest BCUT2D eigenvalue weighted by atomic mass is 9.47. The van der Waals surface area contributed by atoms with Crippen molar-refractivity contribution < 1.29 is 33.3 Å². The highest BCUT2D eigenvalue weighted by molar-refractivity contribution is 6.74. The van der Waals surface area contributed by atoms with Crippen molar-refractivity contribution >= 4 is 20.4 Å². The Labute approximate surface area is 244 Å². The first-order valence-corrected chi connectivity index (χ1v) is 17.6. The molecule has 3 aliphatic carbocycles. The number of esters is 1. The molecule has 1 amide bonds. The van der Waals surface area contributed by atoms with Gasteiger partial charge in [-0.3, -0.25) is 4.79 Å². The van der Waals surface area contributed by atoms with Crippen molar-refractivity contribution in [2.75, 3.05) is 6.54 Å². The van der Waals surface area contributed by atoms with E-state index in [0.29, 0.717) is 23.7 Å². The fourth-order valence-corrected chi connectivity index (χ4v) is 7.57. The number of amides is 1. The van der Waals surface area contributed by atoms with Gasteiger partial charge in [0.1, 0.15) is 17.1 Å². The molecule has 2 N–H and O–H groups in total. The summed E-state index contributed by atoms with van der Waals surface area (Å²) in [7, 11) is -2.21. The summed E-state index contributed by atoms with van der Waals surface area (Å²) in [5.41, 5.74) is -0.511. The monoisotopic (exact) mass is 583 g/mol. The summed E-state index contributed by atoms with van der Waals surface area (Å²) in [4.78, 5) is 25.0. The molecular formula is C32H45NO7Si. The molecule has 1 unspecified atom stereocenters. The van der Waals surface area contributed by atoms with Gasteiger partial charge in [-0.2, -0.15) is 0 Å². The molecule has 4 aliphatic rings. The number of alkyl carbamates (subject to hydrolysis) is 1. The SMILES string of the molecule is CC1C=C[C@]23c4c5ccc(O[Si](C)(C)C(C)(C)C)c4O[C@H]2C(OC(=O)CCNC(=O)OC(C)(C)C)=CC[C@@]3(O)[C@H]1C5. The van der Waals surface area contributed by atoms with Gasteiger partial charge in [0.15, 0.2) is 11.9 Å². The van der Waals surface area contributed by atoms with E-state index in [1.807, 2.05) is 12.1 Å². The van der Waals surface area contributed by atoms with Gasteiger partial charge in [-0.1, -0.05) is 45.9 Å². The molecule has 0 saturated carbocycles. The zero-order valence-electron chi connectivity index (χ0n) is 25.8. The molecular weight excluding hydrogens is 538 g/mol. The van der Waals surface area contributed by atoms with Crippen LogP contribution >= 0.6 is 0 Å². The minimum Gasteiger partial charge on any atom is -0.541 e. The number of hydrogen-bond acceptors (Lipinski definition) is 7. The zero-order chi connectivity index (χ0) is 30.2. The Morgan fingerprint density at radius 3 is 2.54 bits per heavy atom. The number of carbonyl (C=O) groups excluding carboxylic acids is 2. The van der Waals surface area contributed by atoms with E-state index >= 15 is 0 Å². The molecule has 8 nitrogen and oxygen atoms in total. The first-order valence-electron chi connectivity index (χ1n) is 14.7. The smallest absolute Gasteiger partial charge is 0.407 e. The first kappa shape index (κ1) is 29.7. The largest absolute Gasteiger partial charge is 0.541 e. The van der Waals surface area contributed by atoms with Crippen LogP contribution in [-0.4, -0.2) is 49.3 Å². The van der Waals surface area contributed by atoms with E-state index in [4.69, 9.17) is 18.6 Å². The second-order valence-corrected chi connectivity index (χ2v) is 19.3. The van der Waals surface area contributed by atoms with E-state index < -0.39 is 43.1 Å². The van der Waals surface area contributed by atoms with Gasteiger partial charge in [0.25, 0.3) is 8.32 Å². The zero-order valence-corrected chi connectivity index (χ0v) is 26.8. The van der Waals surface area contributed by atoms with Crippen LogP contribution in [0.5, 0.6) is 11.5 Å². The minimum atomic E-state index is -2.21. The Morgan fingerprint density at radius 1 is 1.17 bits per heavy atom. The number of benzene rings is 1. The first-order chi connectivity index (χ1) is 18.9. The van der Waals surface area contributed by atoms with Crippen LogP contribution in [0.4, 0.5) is 4.79 Å². The van der Waals surface area contributed by atoms with Crippen molar-refractivity contribution in [3.05, 3.63) is 47.2 Å². The summed E-state index contributed by atoms with van der Waals surface area (Å²) in [5.74, 6) is 1.39. The fraction of sp³-hybridized carbons (Fsp3) is 0.625. The lowest BCUT2D eigenvalue weighted by Gasteiger charge is -2.58. The molecule has 0 saturated heterocycles. The molecule has 41 heavy (non-hydrogen) atoms. The predicted molar refractivity (Wildman–Crippen MR) is 158 cm³/mol. The lowest BCUT2D eigenvalue weighted by Crippen LogP contribution is -2.67. The fourth-order valence-electron chi connectivity index (χ4n) is 6.55. The van der Waals surface area contributed by atoms with Crippen LogP contribution < -0.4 is 14.5 Å². The summed E-state index contributed by atoms with van der Waals surface area (Å²) < 4.78 is 24.7. The molecule has 1 aromatic rings. The third kappa shape index (κ3) is 4.78. The third-order valence-corrected chi connectivity index (χ3v) is 14.0. The number of aliphatic hydroxyl groups is 1. The Hall–Kier alpha value is -2.78. The van der Waals surface area contributed by atoms with Crippen LogP contribution in [0.2, 0.25) is 18.1 Å². The average Bonchev–Trinajstić information content (AvgIpc) is 3.18. The van der Waals surface area contributed by atoms with Crippen LogP contribution in [0, 0.1) is 11.8 Å². The van der Waals surface area contributed by atoms with Gasteiger partial charge in [0, 0.05) is 12.1 Å². The lowest BCUT2D eigenvalue weighted by molar-refractivity contribution is -0.148. The molecule has 1 aliphatic heterocycles. The van der Waals surface area contributed by atoms with Crippen LogP contribution in [0.3, 0.4) is 0 Å². The molecule has 1 spiro atoms. The van der Waals surface area contributed by atoms with Gasteiger partial charge in [-0.15, -0.1) is 0 Å². The van der Waals surface area contributed by atoms with Gasteiger partial charge in [0.2, 0.25) is 0 Å². The van der Waals surface area contributed by atoms with E-state index in [1.54, 1.807) is 20.8 Å². The second kappa shape index (κ2) is 9.62. The maximum Gasteiger partial charge on any atom is 0.407 e. The highest BCUT2D eigenvalue weighted by atomic mass is 28.4. The molecule has 2 bridgehead atoms. The van der Waals surface area contributed by atoms with Crippen molar-refractivity contribution in [2.45, 2.75) is 109 Å². The quantitative estimate of drug-likeness (QED) is 0.243. The molecule has 9 heteroatoms. The number of nitrogens with one attached hydrogen (secondary N) is 1. The highest BCUT2D eigenvalue weighted by Crippen LogP contribution is 2.66. The number of allylic oxidation sites excluding steroid dienone is 1. The molecule has 224 valence electrons. The van der Waals surface area contributed by atoms with E-state index in [1.165, 1.54) is 0 Å². The summed E-state index contributed by atoms with van der Waals surface area (Å²) >= 11 is 0. The van der Waals surface area contributed by atoms with Gasteiger partial charge >= 0.3 is 12.1 Å². The molecule has 1 heterocycles. The van der Waals surface area contributed by atoms with E-state index in [0.717, 1.165) is 17.5 Å². The second-order valence-electron chi connectivity index (χ2n) is 14.6. The van der Waals surface area contributed by atoms with Gasteiger partial charge in [0.05, 0.1) is 17.4 Å². The summed E-state index contributed by atoms with van der Waals surface area (Å²) in [6.07, 6.45) is 5.82. The van der Waals surface area contributed by atoms with E-state index in [2.05, 4.69) is 64.3 Å². The van der Waals surface area contributed by atoms with Crippen molar-refractivity contribution in [1.82, 2.24) is 5.32 Å².